The number of aryl methyl sites for hydroxylation is 1. The van der Waals surface area contributed by atoms with Crippen molar-refractivity contribution in [3.63, 3.8) is 0 Å². The lowest BCUT2D eigenvalue weighted by Crippen LogP contribution is -2.12. The first-order chi connectivity index (χ1) is 6.72. The number of para-hydroxylation sites is 1. The van der Waals surface area contributed by atoms with Crippen molar-refractivity contribution in [2.24, 2.45) is 0 Å². The van der Waals surface area contributed by atoms with E-state index in [1.165, 1.54) is 0 Å². The maximum Gasteiger partial charge on any atom is 0.258 e. The molecular formula is C9H7N2O2P. The number of hydrogen-bond donors (Lipinski definition) is 1. The Morgan fingerprint density at radius 2 is 2.21 bits per heavy atom. The predicted molar refractivity (Wildman–Crippen MR) is 54.3 cm³/mol. The molecule has 0 spiro atoms. The summed E-state index contributed by atoms with van der Waals surface area (Å²) in [6.45, 7) is 1.69. The van der Waals surface area contributed by atoms with Gasteiger partial charge in [0.25, 0.3) is 5.56 Å². The summed E-state index contributed by atoms with van der Waals surface area (Å²) in [7, 11) is -0.119. The summed E-state index contributed by atoms with van der Waals surface area (Å²) in [5.41, 5.74) is 0.309. The van der Waals surface area contributed by atoms with Crippen molar-refractivity contribution in [3.05, 3.63) is 34.4 Å². The van der Waals surface area contributed by atoms with Crippen LogP contribution in [0.1, 0.15) is 5.82 Å². The van der Waals surface area contributed by atoms with Crippen molar-refractivity contribution >= 4 is 24.7 Å². The summed E-state index contributed by atoms with van der Waals surface area (Å²) < 4.78 is 10.8. The fourth-order valence-electron chi connectivity index (χ4n) is 1.33. The van der Waals surface area contributed by atoms with Crippen LogP contribution in [0.2, 0.25) is 0 Å². The molecule has 70 valence electrons. The highest BCUT2D eigenvalue weighted by Gasteiger charge is 2.05. The van der Waals surface area contributed by atoms with Crippen molar-refractivity contribution in [1.82, 2.24) is 9.97 Å². The van der Waals surface area contributed by atoms with Gasteiger partial charge in [-0.15, -0.1) is 0 Å². The summed E-state index contributed by atoms with van der Waals surface area (Å²) in [5, 5.41) is 1.01. The topological polar surface area (TPSA) is 62.8 Å². The third-order valence-corrected chi connectivity index (χ3v) is 2.49. The van der Waals surface area contributed by atoms with E-state index in [0.29, 0.717) is 22.0 Å². The van der Waals surface area contributed by atoms with Crippen molar-refractivity contribution in [1.29, 1.82) is 0 Å². The van der Waals surface area contributed by atoms with Crippen LogP contribution >= 0.6 is 8.46 Å². The molecule has 5 heteroatoms. The molecular weight excluding hydrogens is 199 g/mol. The largest absolute Gasteiger partial charge is 0.310 e. The molecule has 0 saturated heterocycles. The molecule has 0 aliphatic carbocycles. The minimum Gasteiger partial charge on any atom is -0.310 e. The molecule has 0 amide bonds. The number of benzene rings is 1. The minimum absolute atomic E-state index is 0.119. The number of nitrogens with zero attached hydrogens (tertiary/aromatic N) is 1. The van der Waals surface area contributed by atoms with Gasteiger partial charge in [0.2, 0.25) is 0 Å². The average molecular weight is 206 g/mol. The van der Waals surface area contributed by atoms with E-state index in [9.17, 15) is 9.36 Å². The quantitative estimate of drug-likeness (QED) is 0.712. The number of H-pyrrole nitrogens is 1. The van der Waals surface area contributed by atoms with Crippen molar-refractivity contribution in [2.45, 2.75) is 6.92 Å². The van der Waals surface area contributed by atoms with Crippen molar-refractivity contribution in [2.75, 3.05) is 0 Å². The van der Waals surface area contributed by atoms with Crippen molar-refractivity contribution < 1.29 is 4.57 Å². The Kier molecular flexibility index (Phi) is 2.14. The zero-order valence-corrected chi connectivity index (χ0v) is 8.34. The molecule has 0 saturated carbocycles. The van der Waals surface area contributed by atoms with Crippen LogP contribution in [0.25, 0.3) is 10.9 Å². The Balaban J connectivity index is 3.01. The zero-order valence-electron chi connectivity index (χ0n) is 7.44. The van der Waals surface area contributed by atoms with Gasteiger partial charge in [0.05, 0.1) is 16.2 Å². The third kappa shape index (κ3) is 1.34. The Hall–Kier alpha value is -1.54. The number of nitrogens with one attached hydrogen (secondary N) is 1. The van der Waals surface area contributed by atoms with Gasteiger partial charge in [-0.05, 0) is 19.1 Å². The second-order valence-corrected chi connectivity index (χ2v) is 3.58. The highest BCUT2D eigenvalue weighted by Crippen LogP contribution is 2.08. The van der Waals surface area contributed by atoms with Crippen LogP contribution in [0.15, 0.2) is 23.0 Å². The van der Waals surface area contributed by atoms with Gasteiger partial charge in [-0.25, -0.2) is 4.98 Å². The van der Waals surface area contributed by atoms with Crippen LogP contribution in [0.3, 0.4) is 0 Å². The lowest BCUT2D eigenvalue weighted by Gasteiger charge is -1.99. The Bertz CT molecular complexity index is 562. The van der Waals surface area contributed by atoms with Gasteiger partial charge in [-0.3, -0.25) is 9.36 Å². The number of aromatic nitrogens is 2. The average Bonchev–Trinajstić information content (AvgIpc) is 2.17. The molecule has 0 radical (unpaired) electrons. The fourth-order valence-corrected chi connectivity index (χ4v) is 1.74. The van der Waals surface area contributed by atoms with Crippen LogP contribution < -0.4 is 10.9 Å². The monoisotopic (exact) mass is 206 g/mol. The van der Waals surface area contributed by atoms with E-state index >= 15 is 0 Å². The van der Waals surface area contributed by atoms with Crippen molar-refractivity contribution in [3.8, 4) is 0 Å². The molecule has 1 N–H and O–H groups in total. The third-order valence-electron chi connectivity index (χ3n) is 1.93. The maximum absolute atomic E-state index is 11.5. The SMILES string of the molecule is Cc1nc2c(P=O)cccc2c(=O)[nH]1. The molecule has 0 unspecified atom stereocenters. The van der Waals surface area contributed by atoms with Crippen LogP contribution in [0.5, 0.6) is 0 Å². The molecule has 0 atom stereocenters. The summed E-state index contributed by atoms with van der Waals surface area (Å²) >= 11 is 0. The molecule has 4 nitrogen and oxygen atoms in total. The molecule has 1 heterocycles. The van der Waals surface area contributed by atoms with Gasteiger partial charge in [0.15, 0.2) is 8.46 Å². The lowest BCUT2D eigenvalue weighted by molar-refractivity contribution is 0.603. The number of fused-ring (bicyclic) bond motifs is 1. The molecule has 2 rings (SSSR count). The zero-order chi connectivity index (χ0) is 10.1. The van der Waals surface area contributed by atoms with E-state index in [2.05, 4.69) is 9.97 Å². The molecule has 2 aromatic rings. The summed E-state index contributed by atoms with van der Waals surface area (Å²) in [5.74, 6) is 0.526. The first-order valence-electron chi connectivity index (χ1n) is 4.05. The van der Waals surface area contributed by atoms with Crippen LogP contribution in [0.4, 0.5) is 0 Å². The number of aromatic amines is 1. The summed E-state index contributed by atoms with van der Waals surface area (Å²) in [6, 6.07) is 5.03. The van der Waals surface area contributed by atoms with Gasteiger partial charge >= 0.3 is 0 Å². The van der Waals surface area contributed by atoms with Gasteiger partial charge in [0.1, 0.15) is 5.82 Å². The number of rotatable bonds is 1. The molecule has 0 aliphatic rings. The normalized spacial score (nSPS) is 10.9. The molecule has 1 aromatic carbocycles. The Morgan fingerprint density at radius 3 is 2.93 bits per heavy atom. The van der Waals surface area contributed by atoms with E-state index in [4.69, 9.17) is 0 Å². The summed E-state index contributed by atoms with van der Waals surface area (Å²) in [6.07, 6.45) is 0. The first-order valence-corrected chi connectivity index (χ1v) is 4.86. The Morgan fingerprint density at radius 1 is 1.43 bits per heavy atom. The highest BCUT2D eigenvalue weighted by molar-refractivity contribution is 7.34. The van der Waals surface area contributed by atoms with Gasteiger partial charge in [-0.2, -0.15) is 0 Å². The van der Waals surface area contributed by atoms with Gasteiger partial charge in [0, 0.05) is 0 Å². The van der Waals surface area contributed by atoms with E-state index in [-0.39, 0.29) is 14.0 Å². The molecule has 14 heavy (non-hydrogen) atoms. The van der Waals surface area contributed by atoms with Crippen LogP contribution in [0, 0.1) is 6.92 Å². The molecule has 0 fully saturated rings. The minimum atomic E-state index is -0.196. The van der Waals surface area contributed by atoms with Gasteiger partial charge < -0.3 is 4.98 Å². The second-order valence-electron chi connectivity index (χ2n) is 2.92. The molecule has 1 aromatic heterocycles. The van der Waals surface area contributed by atoms with Crippen LogP contribution in [-0.2, 0) is 4.57 Å². The van der Waals surface area contributed by atoms with Gasteiger partial charge in [-0.1, -0.05) is 6.07 Å². The fraction of sp³-hybridized carbons (Fsp3) is 0.111. The maximum atomic E-state index is 11.5. The first kappa shape index (κ1) is 9.03. The highest BCUT2D eigenvalue weighted by atomic mass is 31.1. The van der Waals surface area contributed by atoms with E-state index in [0.717, 1.165) is 0 Å². The van der Waals surface area contributed by atoms with E-state index in [1.54, 1.807) is 25.1 Å². The smallest absolute Gasteiger partial charge is 0.258 e. The van der Waals surface area contributed by atoms with E-state index < -0.39 is 0 Å². The predicted octanol–water partition coefficient (Wildman–Crippen LogP) is 1.15. The standard InChI is InChI=1S/C9H7N2O2P/c1-5-10-8-6(9(12)11-5)3-2-4-7(8)14-13/h2-4H,1H3,(H,10,11,12). The molecule has 0 bridgehead atoms. The number of hydrogen-bond acceptors (Lipinski definition) is 3. The Labute approximate surface area is 81.2 Å². The van der Waals surface area contributed by atoms with Crippen LogP contribution in [-0.4, -0.2) is 9.97 Å². The lowest BCUT2D eigenvalue weighted by atomic mass is 10.2. The van der Waals surface area contributed by atoms with E-state index in [1.807, 2.05) is 0 Å². The summed E-state index contributed by atoms with van der Waals surface area (Å²) in [4.78, 5) is 18.2. The second kappa shape index (κ2) is 3.31. The molecule has 0 aliphatic heterocycles.